The number of hydrogen-bond donors (Lipinski definition) is 1. The summed E-state index contributed by atoms with van der Waals surface area (Å²) < 4.78 is 17.1. The predicted octanol–water partition coefficient (Wildman–Crippen LogP) is 1.01. The van der Waals surface area contributed by atoms with Gasteiger partial charge in [-0.25, -0.2) is 4.39 Å². The van der Waals surface area contributed by atoms with Gasteiger partial charge in [0.2, 0.25) is 5.91 Å². The normalized spacial score (nSPS) is 9.90. The van der Waals surface area contributed by atoms with Crippen molar-refractivity contribution in [1.29, 1.82) is 0 Å². The first-order chi connectivity index (χ1) is 9.51. The van der Waals surface area contributed by atoms with Crippen molar-refractivity contribution in [3.63, 3.8) is 0 Å². The van der Waals surface area contributed by atoms with Crippen LogP contribution in [0.1, 0.15) is 18.4 Å². The zero-order valence-electron chi connectivity index (χ0n) is 11.1. The number of amides is 1. The monoisotopic (exact) mass is 281 g/mol. The summed E-state index contributed by atoms with van der Waals surface area (Å²) in [6.45, 7) is -0.128. The molecule has 0 atom stereocenters. The van der Waals surface area contributed by atoms with E-state index in [1.54, 1.807) is 0 Å². The third kappa shape index (κ3) is 6.08. The van der Waals surface area contributed by atoms with Crippen LogP contribution in [0, 0.1) is 5.82 Å². The van der Waals surface area contributed by atoms with Gasteiger partial charge >= 0.3 is 5.97 Å². The second-order valence-corrected chi connectivity index (χ2v) is 4.19. The number of carbonyl (C=O) groups excluding carboxylic acids is 3. The van der Waals surface area contributed by atoms with Crippen molar-refractivity contribution in [2.24, 2.45) is 0 Å². The van der Waals surface area contributed by atoms with Crippen molar-refractivity contribution in [1.82, 2.24) is 5.32 Å². The van der Waals surface area contributed by atoms with Crippen molar-refractivity contribution < 1.29 is 23.5 Å². The van der Waals surface area contributed by atoms with Gasteiger partial charge in [0, 0.05) is 6.42 Å². The molecule has 0 spiro atoms. The van der Waals surface area contributed by atoms with E-state index < -0.39 is 5.97 Å². The van der Waals surface area contributed by atoms with Gasteiger partial charge < -0.3 is 10.1 Å². The van der Waals surface area contributed by atoms with Crippen LogP contribution in [0.15, 0.2) is 24.3 Å². The molecule has 0 aliphatic heterocycles. The van der Waals surface area contributed by atoms with Gasteiger partial charge in [0.05, 0.1) is 26.5 Å². The van der Waals surface area contributed by atoms with E-state index in [4.69, 9.17) is 0 Å². The van der Waals surface area contributed by atoms with Crippen molar-refractivity contribution in [2.45, 2.75) is 19.3 Å². The summed E-state index contributed by atoms with van der Waals surface area (Å²) in [4.78, 5) is 33.8. The molecule has 0 heterocycles. The molecule has 0 fully saturated rings. The first kappa shape index (κ1) is 15.8. The molecule has 0 saturated heterocycles. The van der Waals surface area contributed by atoms with E-state index >= 15 is 0 Å². The molecule has 1 rings (SSSR count). The summed E-state index contributed by atoms with van der Waals surface area (Å²) in [7, 11) is 1.25. The van der Waals surface area contributed by atoms with Gasteiger partial charge in [-0.3, -0.25) is 14.4 Å². The Kier molecular flexibility index (Phi) is 6.36. The minimum absolute atomic E-state index is 0.00314. The van der Waals surface area contributed by atoms with E-state index in [0.29, 0.717) is 5.56 Å². The second kappa shape index (κ2) is 8.04. The Morgan fingerprint density at radius 1 is 1.15 bits per heavy atom. The number of benzene rings is 1. The third-order valence-electron chi connectivity index (χ3n) is 2.60. The number of ether oxygens (including phenoxy) is 1. The Morgan fingerprint density at radius 2 is 1.80 bits per heavy atom. The molecule has 5 nitrogen and oxygen atoms in total. The smallest absolute Gasteiger partial charge is 0.305 e. The Hall–Kier alpha value is -2.24. The second-order valence-electron chi connectivity index (χ2n) is 4.19. The fraction of sp³-hybridized carbons (Fsp3) is 0.357. The van der Waals surface area contributed by atoms with Crippen molar-refractivity contribution in [3.8, 4) is 0 Å². The maximum atomic E-state index is 12.7. The first-order valence-corrected chi connectivity index (χ1v) is 6.11. The number of hydrogen-bond acceptors (Lipinski definition) is 4. The standard InChI is InChI=1S/C14H16FNO4/c1-20-14(19)7-6-12(17)9-16-13(18)8-10-2-4-11(15)5-3-10/h2-5H,6-9H2,1H3,(H,16,18). The number of nitrogens with one attached hydrogen (secondary N) is 1. The number of methoxy groups -OCH3 is 1. The van der Waals surface area contributed by atoms with E-state index in [1.807, 2.05) is 0 Å². The molecule has 0 aliphatic rings. The molecule has 0 unspecified atom stereocenters. The highest BCUT2D eigenvalue weighted by atomic mass is 19.1. The molecule has 20 heavy (non-hydrogen) atoms. The molecule has 1 amide bonds. The lowest BCUT2D eigenvalue weighted by Gasteiger charge is -2.04. The largest absolute Gasteiger partial charge is 0.469 e. The minimum atomic E-state index is -0.462. The van der Waals surface area contributed by atoms with Crippen LogP contribution in [0.3, 0.4) is 0 Å². The Labute approximate surface area is 116 Å². The molecule has 0 bridgehead atoms. The highest BCUT2D eigenvalue weighted by Crippen LogP contribution is 2.03. The highest BCUT2D eigenvalue weighted by Gasteiger charge is 2.09. The van der Waals surface area contributed by atoms with Crippen LogP contribution < -0.4 is 5.32 Å². The van der Waals surface area contributed by atoms with E-state index in [2.05, 4.69) is 10.1 Å². The minimum Gasteiger partial charge on any atom is -0.469 e. The lowest BCUT2D eigenvalue weighted by molar-refractivity contribution is -0.141. The zero-order chi connectivity index (χ0) is 15.0. The first-order valence-electron chi connectivity index (χ1n) is 6.11. The third-order valence-corrected chi connectivity index (χ3v) is 2.60. The number of rotatable bonds is 7. The van der Waals surface area contributed by atoms with Crippen LogP contribution in [-0.4, -0.2) is 31.3 Å². The van der Waals surface area contributed by atoms with Crippen molar-refractivity contribution in [3.05, 3.63) is 35.6 Å². The Balaban J connectivity index is 2.27. The average Bonchev–Trinajstić information content (AvgIpc) is 2.45. The van der Waals surface area contributed by atoms with Crippen molar-refractivity contribution >= 4 is 17.7 Å². The SMILES string of the molecule is COC(=O)CCC(=O)CNC(=O)Cc1ccc(F)cc1. The number of ketones is 1. The molecule has 1 N–H and O–H groups in total. The van der Waals surface area contributed by atoms with E-state index in [9.17, 15) is 18.8 Å². The van der Waals surface area contributed by atoms with Crippen molar-refractivity contribution in [2.75, 3.05) is 13.7 Å². The van der Waals surface area contributed by atoms with Gasteiger partial charge in [0.15, 0.2) is 5.78 Å². The molecule has 1 aromatic carbocycles. The molecular weight excluding hydrogens is 265 g/mol. The van der Waals surface area contributed by atoms with Crippen LogP contribution in [0.5, 0.6) is 0 Å². The molecule has 0 radical (unpaired) electrons. The lowest BCUT2D eigenvalue weighted by atomic mass is 10.1. The summed E-state index contributed by atoms with van der Waals surface area (Å²) in [6.07, 6.45) is 0.108. The number of halogens is 1. The quantitative estimate of drug-likeness (QED) is 0.757. The topological polar surface area (TPSA) is 72.5 Å². The molecule has 6 heteroatoms. The van der Waals surface area contributed by atoms with Crippen LogP contribution >= 0.6 is 0 Å². The van der Waals surface area contributed by atoms with Crippen LogP contribution in [0.25, 0.3) is 0 Å². The van der Waals surface area contributed by atoms with Gasteiger partial charge in [-0.1, -0.05) is 12.1 Å². The summed E-state index contributed by atoms with van der Waals surface area (Å²) in [5.74, 6) is -1.41. The molecule has 108 valence electrons. The summed E-state index contributed by atoms with van der Waals surface area (Å²) >= 11 is 0. The van der Waals surface area contributed by atoms with E-state index in [-0.39, 0.29) is 43.3 Å². The van der Waals surface area contributed by atoms with Gasteiger partial charge in [-0.15, -0.1) is 0 Å². The number of carbonyl (C=O) groups is 3. The van der Waals surface area contributed by atoms with Crippen LogP contribution in [-0.2, 0) is 25.5 Å². The number of Topliss-reactive ketones (excluding diaryl/α,β-unsaturated/α-hetero) is 1. The van der Waals surface area contributed by atoms with E-state index in [0.717, 1.165) is 0 Å². The zero-order valence-corrected chi connectivity index (χ0v) is 11.1. The van der Waals surface area contributed by atoms with Gasteiger partial charge in [-0.05, 0) is 17.7 Å². The summed E-state index contributed by atoms with van der Waals surface area (Å²) in [5, 5.41) is 2.45. The van der Waals surface area contributed by atoms with Gasteiger partial charge in [0.1, 0.15) is 5.82 Å². The molecule has 0 aromatic heterocycles. The summed E-state index contributed by atoms with van der Waals surface area (Å²) in [6, 6.07) is 5.55. The predicted molar refractivity (Wildman–Crippen MR) is 69.4 cm³/mol. The maximum absolute atomic E-state index is 12.7. The van der Waals surface area contributed by atoms with E-state index in [1.165, 1.54) is 31.4 Å². The highest BCUT2D eigenvalue weighted by molar-refractivity contribution is 5.88. The van der Waals surface area contributed by atoms with Gasteiger partial charge in [-0.2, -0.15) is 0 Å². The lowest BCUT2D eigenvalue weighted by Crippen LogP contribution is -2.30. The summed E-state index contributed by atoms with van der Waals surface area (Å²) in [5.41, 5.74) is 0.658. The Bertz CT molecular complexity index is 484. The Morgan fingerprint density at radius 3 is 2.40 bits per heavy atom. The fourth-order valence-electron chi connectivity index (χ4n) is 1.48. The van der Waals surface area contributed by atoms with Crippen LogP contribution in [0.2, 0.25) is 0 Å². The maximum Gasteiger partial charge on any atom is 0.305 e. The van der Waals surface area contributed by atoms with Crippen LogP contribution in [0.4, 0.5) is 4.39 Å². The molecule has 1 aromatic rings. The fourth-order valence-corrected chi connectivity index (χ4v) is 1.48. The van der Waals surface area contributed by atoms with Gasteiger partial charge in [0.25, 0.3) is 0 Å². The molecule has 0 saturated carbocycles. The molecular formula is C14H16FNO4. The number of esters is 1. The molecule has 0 aliphatic carbocycles. The average molecular weight is 281 g/mol.